The number of hydrogen-bond donors (Lipinski definition) is 2. The molecular formula is C68H122N2O7P+. The first kappa shape index (κ1) is 74.9. The highest BCUT2D eigenvalue weighted by molar-refractivity contribution is 7.47. The Morgan fingerprint density at radius 2 is 0.821 bits per heavy atom. The van der Waals surface area contributed by atoms with Gasteiger partial charge in [-0.15, -0.1) is 0 Å². The van der Waals surface area contributed by atoms with E-state index in [9.17, 15) is 19.0 Å². The number of nitrogens with one attached hydrogen (secondary N) is 1. The molecular weight excluding hydrogens is 988 g/mol. The van der Waals surface area contributed by atoms with Crippen molar-refractivity contribution < 1.29 is 37.3 Å². The second kappa shape index (κ2) is 57.2. The van der Waals surface area contributed by atoms with E-state index in [1.54, 1.807) is 0 Å². The number of phosphoric ester groups is 1. The highest BCUT2D eigenvalue weighted by Crippen LogP contribution is 2.43. The lowest BCUT2D eigenvalue weighted by Gasteiger charge is -2.27. The van der Waals surface area contributed by atoms with E-state index in [2.05, 4.69) is 111 Å². The zero-order valence-electron chi connectivity index (χ0n) is 51.4. The quantitative estimate of drug-likeness (QED) is 0.0205. The molecule has 0 bridgehead atoms. The van der Waals surface area contributed by atoms with Gasteiger partial charge in [0.1, 0.15) is 19.3 Å². The lowest BCUT2D eigenvalue weighted by Crippen LogP contribution is -2.47. The summed E-state index contributed by atoms with van der Waals surface area (Å²) < 4.78 is 30.7. The first-order valence-electron chi connectivity index (χ1n) is 32.1. The normalized spacial score (nSPS) is 14.3. The van der Waals surface area contributed by atoms with Crippen LogP contribution < -0.4 is 5.32 Å². The third-order valence-corrected chi connectivity index (χ3v) is 14.7. The number of phosphoric acid groups is 1. The fourth-order valence-electron chi connectivity index (χ4n) is 8.82. The first-order valence-corrected chi connectivity index (χ1v) is 33.6. The van der Waals surface area contributed by atoms with Crippen molar-refractivity contribution in [2.24, 2.45) is 0 Å². The molecule has 0 aromatic carbocycles. The van der Waals surface area contributed by atoms with Crippen LogP contribution in [0.5, 0.6) is 0 Å². The average Bonchev–Trinajstić information content (AvgIpc) is 3.40. The molecule has 0 fully saturated rings. The van der Waals surface area contributed by atoms with Crippen molar-refractivity contribution in [1.82, 2.24) is 5.32 Å². The van der Waals surface area contributed by atoms with Gasteiger partial charge in [-0.2, -0.15) is 0 Å². The monoisotopic (exact) mass is 1110 g/mol. The Morgan fingerprint density at radius 1 is 0.462 bits per heavy atom. The minimum absolute atomic E-state index is 0.0329. The number of esters is 1. The molecule has 0 aromatic heterocycles. The van der Waals surface area contributed by atoms with Gasteiger partial charge in [0.05, 0.1) is 33.8 Å². The molecule has 0 spiro atoms. The number of carbonyl (C=O) groups excluding carboxylic acids is 2. The van der Waals surface area contributed by atoms with E-state index < -0.39 is 20.0 Å². The Labute approximate surface area is 481 Å². The molecule has 0 radical (unpaired) electrons. The number of rotatable bonds is 57. The van der Waals surface area contributed by atoms with Gasteiger partial charge in [0, 0.05) is 12.8 Å². The van der Waals surface area contributed by atoms with Gasteiger partial charge in [-0.3, -0.25) is 18.6 Å². The third-order valence-electron chi connectivity index (χ3n) is 13.8. The van der Waals surface area contributed by atoms with Crippen LogP contribution in [0.1, 0.15) is 271 Å². The van der Waals surface area contributed by atoms with E-state index in [4.69, 9.17) is 13.8 Å². The Balaban J connectivity index is 5.21. The maximum absolute atomic E-state index is 13.5. The first-order chi connectivity index (χ1) is 37.9. The number of nitrogens with zero attached hydrogens (tertiary/aromatic N) is 1. The predicted octanol–water partition coefficient (Wildman–Crippen LogP) is 19.9. The van der Waals surface area contributed by atoms with E-state index in [-0.39, 0.29) is 31.5 Å². The molecule has 0 aromatic rings. The number of quaternary nitrogens is 1. The molecule has 0 saturated carbocycles. The number of amides is 1. The molecule has 0 aliphatic heterocycles. The molecule has 0 aliphatic rings. The molecule has 450 valence electrons. The van der Waals surface area contributed by atoms with Crippen molar-refractivity contribution in [3.05, 3.63) is 97.2 Å². The number of allylic oxidation sites excluding steroid dienone is 15. The van der Waals surface area contributed by atoms with Crippen LogP contribution in [-0.4, -0.2) is 74.3 Å². The van der Waals surface area contributed by atoms with Gasteiger partial charge >= 0.3 is 13.8 Å². The summed E-state index contributed by atoms with van der Waals surface area (Å²) in [6, 6.07) is -0.862. The number of carbonyl (C=O) groups is 2. The maximum Gasteiger partial charge on any atom is 0.472 e. The van der Waals surface area contributed by atoms with Crippen molar-refractivity contribution >= 4 is 19.7 Å². The molecule has 78 heavy (non-hydrogen) atoms. The van der Waals surface area contributed by atoms with Crippen LogP contribution in [0.25, 0.3) is 0 Å². The summed E-state index contributed by atoms with van der Waals surface area (Å²) in [6.45, 7) is 6.87. The molecule has 0 saturated heterocycles. The van der Waals surface area contributed by atoms with Gasteiger partial charge in [0.25, 0.3) is 0 Å². The lowest BCUT2D eigenvalue weighted by atomic mass is 10.0. The zero-order valence-corrected chi connectivity index (χ0v) is 52.3. The summed E-state index contributed by atoms with van der Waals surface area (Å²) in [4.78, 5) is 37.7. The summed E-state index contributed by atoms with van der Waals surface area (Å²) >= 11 is 0. The van der Waals surface area contributed by atoms with Crippen molar-refractivity contribution in [2.45, 2.75) is 283 Å². The summed E-state index contributed by atoms with van der Waals surface area (Å²) in [5, 5.41) is 3.05. The van der Waals surface area contributed by atoms with E-state index in [0.717, 1.165) is 135 Å². The van der Waals surface area contributed by atoms with Gasteiger partial charge in [-0.1, -0.05) is 247 Å². The van der Waals surface area contributed by atoms with E-state index in [0.29, 0.717) is 17.4 Å². The number of hydrogen-bond acceptors (Lipinski definition) is 6. The van der Waals surface area contributed by atoms with E-state index in [1.807, 2.05) is 33.3 Å². The Kier molecular flexibility index (Phi) is 54.9. The van der Waals surface area contributed by atoms with Crippen LogP contribution in [0, 0.1) is 0 Å². The fourth-order valence-corrected chi connectivity index (χ4v) is 9.56. The summed E-state index contributed by atoms with van der Waals surface area (Å²) in [7, 11) is 1.48. The highest BCUT2D eigenvalue weighted by atomic mass is 31.2. The minimum atomic E-state index is -4.46. The van der Waals surface area contributed by atoms with E-state index >= 15 is 0 Å². The SMILES string of the molecule is CC/C=C\C/C=C\C/C=C\C/C=C\C/C=C\C/C=C\CCCCCCCCC(=O)OC(/C=C\CCCCCCCCCCCC)C(COP(=O)(O)OCC[N+](C)(C)C)NC(=O)CCCCCCCCC/C=C\CCCCCC. The van der Waals surface area contributed by atoms with Crippen LogP contribution in [0.15, 0.2) is 97.2 Å². The van der Waals surface area contributed by atoms with Gasteiger partial charge < -0.3 is 19.4 Å². The Bertz CT molecular complexity index is 1660. The van der Waals surface area contributed by atoms with Crippen LogP contribution in [0.2, 0.25) is 0 Å². The van der Waals surface area contributed by atoms with Crippen molar-refractivity contribution in [1.29, 1.82) is 0 Å². The number of unbranched alkanes of at least 4 members (excludes halogenated alkanes) is 27. The molecule has 0 aliphatic carbocycles. The van der Waals surface area contributed by atoms with Crippen molar-refractivity contribution in [2.75, 3.05) is 40.9 Å². The van der Waals surface area contributed by atoms with Gasteiger partial charge in [0.15, 0.2) is 0 Å². The minimum Gasteiger partial charge on any atom is -0.456 e. The summed E-state index contributed by atoms with van der Waals surface area (Å²) in [5.74, 6) is -0.529. The Morgan fingerprint density at radius 3 is 1.26 bits per heavy atom. The second-order valence-electron chi connectivity index (χ2n) is 22.5. The maximum atomic E-state index is 13.5. The largest absolute Gasteiger partial charge is 0.472 e. The topological polar surface area (TPSA) is 111 Å². The average molecular weight is 1110 g/mol. The molecule has 0 heterocycles. The summed E-state index contributed by atoms with van der Waals surface area (Å²) in [5.41, 5.74) is 0. The Hall–Kier alpha value is -3.07. The molecule has 3 atom stereocenters. The number of ether oxygens (including phenoxy) is 1. The smallest absolute Gasteiger partial charge is 0.456 e. The van der Waals surface area contributed by atoms with Gasteiger partial charge in [-0.05, 0) is 109 Å². The van der Waals surface area contributed by atoms with Crippen LogP contribution >= 0.6 is 7.82 Å². The zero-order chi connectivity index (χ0) is 57.2. The molecule has 0 rings (SSSR count). The van der Waals surface area contributed by atoms with Crippen molar-refractivity contribution in [3.63, 3.8) is 0 Å². The van der Waals surface area contributed by atoms with Crippen molar-refractivity contribution in [3.8, 4) is 0 Å². The van der Waals surface area contributed by atoms with Gasteiger partial charge in [-0.25, -0.2) is 4.57 Å². The third kappa shape index (κ3) is 57.6. The van der Waals surface area contributed by atoms with Crippen LogP contribution in [0.3, 0.4) is 0 Å². The molecule has 2 N–H and O–H groups in total. The lowest BCUT2D eigenvalue weighted by molar-refractivity contribution is -0.870. The molecule has 10 heteroatoms. The molecule has 9 nitrogen and oxygen atoms in total. The standard InChI is InChI=1S/C68H121N2O7P/c1-7-10-13-16-19-22-25-28-30-31-32-33-34-35-36-37-38-39-41-43-46-49-52-55-58-61-68(72)77-66(59-56-53-50-47-44-27-24-21-18-15-12-9-3)65(64-76-78(73,74)75-63-62-70(4,5)6)69-67(71)60-57-54-51-48-45-42-40-29-26-23-20-17-14-11-8-2/h10,13,19,22-23,26,28,30,32-33,35-36,38-39,56,59,65-66H,7-9,11-12,14-18,20-21,24-25,27,29,31,34,37,40-55,57-58,60-64H2,1-6H3,(H-,69,71,73,74)/p+1/b13-10-,22-19-,26-23-,30-28-,33-32-,36-35-,39-38-,59-56-. The highest BCUT2D eigenvalue weighted by Gasteiger charge is 2.30. The number of likely N-dealkylation sites (N-methyl/N-ethyl adjacent to an activating group) is 1. The van der Waals surface area contributed by atoms with Crippen LogP contribution in [-0.2, 0) is 27.9 Å². The fraction of sp³-hybridized carbons (Fsp3) is 0.735. The van der Waals surface area contributed by atoms with Gasteiger partial charge in [0.2, 0.25) is 5.91 Å². The predicted molar refractivity (Wildman–Crippen MR) is 337 cm³/mol. The summed E-state index contributed by atoms with van der Waals surface area (Å²) in [6.07, 6.45) is 76.9. The van der Waals surface area contributed by atoms with E-state index in [1.165, 1.54) is 103 Å². The molecule has 3 unspecified atom stereocenters. The molecule has 1 amide bonds. The second-order valence-corrected chi connectivity index (χ2v) is 24.0. The van der Waals surface area contributed by atoms with Crippen LogP contribution in [0.4, 0.5) is 0 Å².